The average Bonchev–Trinajstić information content (AvgIpc) is 3.84. The number of nitrogens with zero attached hydrogens (tertiary/aromatic N) is 2. The normalized spacial score (nSPS) is 12.1. The number of hydrogen-bond donors (Lipinski definition) is 0. The lowest BCUT2D eigenvalue weighted by atomic mass is 9.84. The van der Waals surface area contributed by atoms with Crippen LogP contribution in [0.2, 0.25) is 0 Å². The van der Waals surface area contributed by atoms with Gasteiger partial charge in [0.1, 0.15) is 5.65 Å². The number of aromatic nitrogens is 2. The van der Waals surface area contributed by atoms with Gasteiger partial charge in [0.05, 0.1) is 16.6 Å². The van der Waals surface area contributed by atoms with Gasteiger partial charge in [0.2, 0.25) is 0 Å². The van der Waals surface area contributed by atoms with Crippen LogP contribution in [0.3, 0.4) is 0 Å². The van der Waals surface area contributed by atoms with Crippen molar-refractivity contribution < 1.29 is 0 Å². The van der Waals surface area contributed by atoms with Gasteiger partial charge in [-0.1, -0.05) is 212 Å². The molecule has 0 bridgehead atoms. The van der Waals surface area contributed by atoms with Crippen molar-refractivity contribution in [2.45, 2.75) is 0 Å². The van der Waals surface area contributed by atoms with Crippen LogP contribution in [-0.2, 0) is 0 Å². The summed E-state index contributed by atoms with van der Waals surface area (Å²) in [5, 5.41) is 18.4. The smallest absolute Gasteiger partial charge is 0.146 e. The van der Waals surface area contributed by atoms with Gasteiger partial charge in [-0.15, -0.1) is 0 Å². The quantitative estimate of drug-likeness (QED) is 0.127. The molecule has 2 heteroatoms. The highest BCUT2D eigenvalue weighted by molar-refractivity contribution is 6.27. The first-order valence-electron chi connectivity index (χ1n) is 23.9. The van der Waals surface area contributed by atoms with E-state index in [1.165, 1.54) is 120 Å². The van der Waals surface area contributed by atoms with E-state index in [1.54, 1.807) is 0 Å². The Morgan fingerprint density at radius 2 is 0.652 bits per heavy atom. The lowest BCUT2D eigenvalue weighted by Crippen LogP contribution is -1.93. The van der Waals surface area contributed by atoms with Crippen molar-refractivity contribution in [1.29, 1.82) is 0 Å². The van der Waals surface area contributed by atoms with E-state index in [-0.39, 0.29) is 0 Å². The zero-order chi connectivity index (χ0) is 45.2. The van der Waals surface area contributed by atoms with E-state index < -0.39 is 0 Å². The van der Waals surface area contributed by atoms with E-state index in [4.69, 9.17) is 4.98 Å². The van der Waals surface area contributed by atoms with E-state index in [0.717, 1.165) is 27.6 Å². The summed E-state index contributed by atoms with van der Waals surface area (Å²) in [5.41, 5.74) is 14.1. The van der Waals surface area contributed by atoms with Crippen molar-refractivity contribution in [2.75, 3.05) is 0 Å². The van der Waals surface area contributed by atoms with Crippen molar-refractivity contribution in [3.05, 3.63) is 243 Å². The molecule has 2 aromatic heterocycles. The molecule has 0 aliphatic carbocycles. The van der Waals surface area contributed by atoms with Gasteiger partial charge < -0.3 is 0 Å². The van der Waals surface area contributed by atoms with Crippen molar-refractivity contribution in [1.82, 2.24) is 9.38 Å². The van der Waals surface area contributed by atoms with Crippen LogP contribution < -0.4 is 0 Å². The lowest BCUT2D eigenvalue weighted by molar-refractivity contribution is 1.32. The predicted octanol–water partition coefficient (Wildman–Crippen LogP) is 18.4. The van der Waals surface area contributed by atoms with E-state index in [9.17, 15) is 0 Å². The third kappa shape index (κ3) is 5.70. The Labute approximate surface area is 397 Å². The maximum Gasteiger partial charge on any atom is 0.146 e. The van der Waals surface area contributed by atoms with Crippen LogP contribution in [-0.4, -0.2) is 9.38 Å². The monoisotopic (exact) mass is 872 g/mol. The molecule has 15 aromatic rings. The van der Waals surface area contributed by atoms with Crippen molar-refractivity contribution in [3.63, 3.8) is 0 Å². The number of hydrogen-bond acceptors (Lipinski definition) is 1. The molecule has 318 valence electrons. The summed E-state index contributed by atoms with van der Waals surface area (Å²) in [5.74, 6) is 0. The zero-order valence-corrected chi connectivity index (χ0v) is 37.5. The molecule has 69 heavy (non-hydrogen) atoms. The number of benzene rings is 13. The summed E-state index contributed by atoms with van der Waals surface area (Å²) < 4.78 is 2.41. The van der Waals surface area contributed by atoms with Gasteiger partial charge in [-0.2, -0.15) is 0 Å². The highest BCUT2D eigenvalue weighted by Crippen LogP contribution is 2.46. The second kappa shape index (κ2) is 14.7. The van der Waals surface area contributed by atoms with Gasteiger partial charge in [0, 0.05) is 21.5 Å². The standard InChI is InChI=1S/C67H40N2/c1-3-15-45-37-49(31-29-41(45)13-1)63-54-20-8-9-21-55(54)64(50-32-30-42-14-2-4-16-46(42)38-50)61-40-47(33-35-56(61)63)43-25-27-44(28-26-43)48-34-36-62-60(39-48)53-19-7-12-24-59(53)67-68-65-57-22-10-5-17-51(57)52-18-6-11-23-58(52)66(65)69(62)67/h1-40H. The third-order valence-corrected chi connectivity index (χ3v) is 14.9. The molecule has 0 atom stereocenters. The van der Waals surface area contributed by atoms with E-state index in [0.29, 0.717) is 0 Å². The van der Waals surface area contributed by atoms with E-state index in [2.05, 4.69) is 247 Å². The molecule has 0 unspecified atom stereocenters. The highest BCUT2D eigenvalue weighted by Gasteiger charge is 2.21. The lowest BCUT2D eigenvalue weighted by Gasteiger charge is -2.19. The van der Waals surface area contributed by atoms with E-state index >= 15 is 0 Å². The first-order chi connectivity index (χ1) is 34.2. The average molecular weight is 873 g/mol. The third-order valence-electron chi connectivity index (χ3n) is 14.9. The maximum absolute atomic E-state index is 5.45. The minimum absolute atomic E-state index is 0.989. The molecule has 2 nitrogen and oxygen atoms in total. The predicted molar refractivity (Wildman–Crippen MR) is 294 cm³/mol. The molecule has 0 radical (unpaired) electrons. The molecule has 0 spiro atoms. The Kier molecular flexibility index (Phi) is 8.10. The second-order valence-corrected chi connectivity index (χ2v) is 18.6. The molecular weight excluding hydrogens is 833 g/mol. The van der Waals surface area contributed by atoms with Crippen LogP contribution in [0.1, 0.15) is 0 Å². The van der Waals surface area contributed by atoms with Gasteiger partial charge in [0.15, 0.2) is 0 Å². The van der Waals surface area contributed by atoms with Crippen LogP contribution in [0.4, 0.5) is 0 Å². The van der Waals surface area contributed by atoms with Gasteiger partial charge in [-0.05, 0) is 134 Å². The molecule has 15 rings (SSSR count). The summed E-state index contributed by atoms with van der Waals surface area (Å²) in [6.07, 6.45) is 0. The Bertz CT molecular complexity index is 4650. The summed E-state index contributed by atoms with van der Waals surface area (Å²) in [4.78, 5) is 5.45. The van der Waals surface area contributed by atoms with Gasteiger partial charge in [0.25, 0.3) is 0 Å². The molecule has 0 fully saturated rings. The summed E-state index contributed by atoms with van der Waals surface area (Å²) in [7, 11) is 0. The first-order valence-corrected chi connectivity index (χ1v) is 23.9. The second-order valence-electron chi connectivity index (χ2n) is 18.6. The van der Waals surface area contributed by atoms with Crippen molar-refractivity contribution in [2.24, 2.45) is 0 Å². The highest BCUT2D eigenvalue weighted by atomic mass is 15.0. The Balaban J connectivity index is 0.908. The molecule has 2 heterocycles. The van der Waals surface area contributed by atoms with Gasteiger partial charge in [-0.3, -0.25) is 4.40 Å². The maximum atomic E-state index is 5.45. The molecule has 0 aliphatic rings. The first kappa shape index (κ1) is 38.0. The van der Waals surface area contributed by atoms with Crippen LogP contribution in [0, 0.1) is 0 Å². The zero-order valence-electron chi connectivity index (χ0n) is 37.5. The minimum Gasteiger partial charge on any atom is -0.291 e. The summed E-state index contributed by atoms with van der Waals surface area (Å²) >= 11 is 0. The Hall–Kier alpha value is -9.11. The van der Waals surface area contributed by atoms with Gasteiger partial charge >= 0.3 is 0 Å². The fourth-order valence-corrected chi connectivity index (χ4v) is 11.7. The fraction of sp³-hybridized carbons (Fsp3) is 0. The molecular formula is C67H40N2. The molecule has 0 amide bonds. The molecule has 0 aliphatic heterocycles. The van der Waals surface area contributed by atoms with Crippen molar-refractivity contribution >= 4 is 103 Å². The van der Waals surface area contributed by atoms with Crippen molar-refractivity contribution in [3.8, 4) is 44.5 Å². The number of fused-ring (bicyclic) bond motifs is 17. The summed E-state index contributed by atoms with van der Waals surface area (Å²) in [6.45, 7) is 0. The Morgan fingerprint density at radius 1 is 0.246 bits per heavy atom. The van der Waals surface area contributed by atoms with Gasteiger partial charge in [-0.25, -0.2) is 4.98 Å². The largest absolute Gasteiger partial charge is 0.291 e. The van der Waals surface area contributed by atoms with Crippen LogP contribution in [0.25, 0.3) is 147 Å². The molecule has 0 saturated carbocycles. The number of rotatable bonds is 4. The topological polar surface area (TPSA) is 17.3 Å². The molecule has 13 aromatic carbocycles. The van der Waals surface area contributed by atoms with E-state index in [1.807, 2.05) is 0 Å². The molecule has 0 saturated heterocycles. The SMILES string of the molecule is c1ccc2cc(-c3c4ccccc4c(-c4ccc5ccccc5c4)c4cc(-c5ccc(-c6ccc7c(c6)c6ccccc6c6nc8c9ccccc9c9ccccc9c8n76)cc5)ccc34)ccc2c1. The van der Waals surface area contributed by atoms with Crippen LogP contribution >= 0.6 is 0 Å². The minimum atomic E-state index is 0.989. The number of imidazole rings is 1. The number of pyridine rings is 1. The van der Waals surface area contributed by atoms with Crippen LogP contribution in [0.5, 0.6) is 0 Å². The fourth-order valence-electron chi connectivity index (χ4n) is 11.7. The summed E-state index contributed by atoms with van der Waals surface area (Å²) in [6, 6.07) is 89.7. The Morgan fingerprint density at radius 3 is 1.26 bits per heavy atom. The molecule has 0 N–H and O–H groups in total. The van der Waals surface area contributed by atoms with Crippen LogP contribution in [0.15, 0.2) is 243 Å².